The summed E-state index contributed by atoms with van der Waals surface area (Å²) in [6.07, 6.45) is 0.998. The fraction of sp³-hybridized carbons (Fsp3) is 0.421. The fourth-order valence-electron chi connectivity index (χ4n) is 2.73. The molecule has 2 heteroatoms. The van der Waals surface area contributed by atoms with Crippen LogP contribution in [0, 0.1) is 13.8 Å². The highest BCUT2D eigenvalue weighted by Gasteiger charge is 2.11. The van der Waals surface area contributed by atoms with Crippen molar-refractivity contribution in [2.75, 3.05) is 7.05 Å². The molecule has 1 heterocycles. The second-order valence-corrected chi connectivity index (χ2v) is 6.12. The van der Waals surface area contributed by atoms with Crippen LogP contribution in [0.2, 0.25) is 0 Å². The van der Waals surface area contributed by atoms with E-state index in [4.69, 9.17) is 0 Å². The Morgan fingerprint density at radius 2 is 1.52 bits per heavy atom. The van der Waals surface area contributed by atoms with E-state index in [9.17, 15) is 0 Å². The van der Waals surface area contributed by atoms with Crippen molar-refractivity contribution in [2.45, 2.75) is 46.1 Å². The minimum atomic E-state index is 0.329. The van der Waals surface area contributed by atoms with Gasteiger partial charge in [-0.1, -0.05) is 38.1 Å². The van der Waals surface area contributed by atoms with E-state index in [0.717, 1.165) is 17.8 Å². The average Bonchev–Trinajstić information content (AvgIpc) is 2.44. The lowest BCUT2D eigenvalue weighted by molar-refractivity contribution is 0.590. The van der Waals surface area contributed by atoms with Gasteiger partial charge in [0.05, 0.1) is 0 Å². The van der Waals surface area contributed by atoms with Gasteiger partial charge >= 0.3 is 0 Å². The van der Waals surface area contributed by atoms with E-state index in [1.54, 1.807) is 0 Å². The van der Waals surface area contributed by atoms with Gasteiger partial charge in [-0.25, -0.2) is 0 Å². The van der Waals surface area contributed by atoms with E-state index in [1.807, 2.05) is 7.05 Å². The van der Waals surface area contributed by atoms with Crippen LogP contribution in [-0.4, -0.2) is 12.0 Å². The first-order valence-electron chi connectivity index (χ1n) is 7.71. The smallest absolute Gasteiger partial charge is 0.0379 e. The van der Waals surface area contributed by atoms with E-state index in [0.29, 0.717) is 12.0 Å². The number of rotatable bonds is 5. The molecular formula is C19H26N2. The molecule has 0 saturated carbocycles. The number of nitrogens with zero attached hydrogens (tertiary/aromatic N) is 1. The molecule has 0 aliphatic heterocycles. The van der Waals surface area contributed by atoms with E-state index < -0.39 is 0 Å². The topological polar surface area (TPSA) is 24.9 Å². The number of aromatic nitrogens is 1. The standard InChI is InChI=1S/C19H26N2/c1-13(2)17-8-6-16(7-9-17)12-19(20-5)18-10-14(3)21-15(4)11-18/h6-11,13,19-20H,12H2,1-5H3. The maximum absolute atomic E-state index is 4.46. The summed E-state index contributed by atoms with van der Waals surface area (Å²) in [6.45, 7) is 8.57. The Labute approximate surface area is 128 Å². The molecule has 112 valence electrons. The Hall–Kier alpha value is -1.67. The van der Waals surface area contributed by atoms with Gasteiger partial charge in [-0.05, 0) is 62.1 Å². The van der Waals surface area contributed by atoms with Crippen LogP contribution in [0.1, 0.15) is 53.9 Å². The van der Waals surface area contributed by atoms with E-state index >= 15 is 0 Å². The number of likely N-dealkylation sites (N-methyl/N-ethyl adjacent to an activating group) is 1. The first-order valence-corrected chi connectivity index (χ1v) is 7.71. The summed E-state index contributed by atoms with van der Waals surface area (Å²) in [4.78, 5) is 4.46. The van der Waals surface area contributed by atoms with Crippen LogP contribution < -0.4 is 5.32 Å². The summed E-state index contributed by atoms with van der Waals surface area (Å²) in [6, 6.07) is 13.7. The number of hydrogen-bond donors (Lipinski definition) is 1. The fourth-order valence-corrected chi connectivity index (χ4v) is 2.73. The van der Waals surface area contributed by atoms with E-state index in [-0.39, 0.29) is 0 Å². The highest BCUT2D eigenvalue weighted by Crippen LogP contribution is 2.21. The molecule has 0 saturated heterocycles. The Kier molecular flexibility index (Phi) is 5.13. The molecule has 0 amide bonds. The molecule has 0 radical (unpaired) electrons. The van der Waals surface area contributed by atoms with Gasteiger partial charge in [0.1, 0.15) is 0 Å². The molecule has 2 nitrogen and oxygen atoms in total. The molecule has 1 N–H and O–H groups in total. The summed E-state index contributed by atoms with van der Waals surface area (Å²) < 4.78 is 0. The second-order valence-electron chi connectivity index (χ2n) is 6.12. The highest BCUT2D eigenvalue weighted by molar-refractivity contribution is 5.29. The molecule has 2 aromatic rings. The summed E-state index contributed by atoms with van der Waals surface area (Å²) in [7, 11) is 2.03. The van der Waals surface area contributed by atoms with Crippen molar-refractivity contribution in [3.05, 3.63) is 64.5 Å². The van der Waals surface area contributed by atoms with Crippen molar-refractivity contribution < 1.29 is 0 Å². The first-order chi connectivity index (χ1) is 9.99. The second kappa shape index (κ2) is 6.86. The molecular weight excluding hydrogens is 256 g/mol. The predicted molar refractivity (Wildman–Crippen MR) is 89.7 cm³/mol. The van der Waals surface area contributed by atoms with Crippen LogP contribution in [0.15, 0.2) is 36.4 Å². The first kappa shape index (κ1) is 15.7. The molecule has 0 spiro atoms. The Bertz CT molecular complexity index is 565. The van der Waals surface area contributed by atoms with Crippen LogP contribution in [0.3, 0.4) is 0 Å². The Balaban J connectivity index is 2.18. The Morgan fingerprint density at radius 3 is 2.00 bits per heavy atom. The van der Waals surface area contributed by atoms with Crippen molar-refractivity contribution >= 4 is 0 Å². The molecule has 0 aliphatic rings. The van der Waals surface area contributed by atoms with Crippen LogP contribution in [-0.2, 0) is 6.42 Å². The number of aryl methyl sites for hydroxylation is 2. The predicted octanol–water partition coefficient (Wildman–Crippen LogP) is 4.33. The molecule has 0 fully saturated rings. The van der Waals surface area contributed by atoms with Crippen molar-refractivity contribution in [2.24, 2.45) is 0 Å². The molecule has 1 atom stereocenters. The minimum Gasteiger partial charge on any atom is -0.313 e. The summed E-state index contributed by atoms with van der Waals surface area (Å²) in [5, 5.41) is 3.43. The van der Waals surface area contributed by atoms with Gasteiger partial charge in [0.2, 0.25) is 0 Å². The molecule has 2 rings (SSSR count). The maximum atomic E-state index is 4.46. The lowest BCUT2D eigenvalue weighted by Crippen LogP contribution is -2.19. The lowest BCUT2D eigenvalue weighted by atomic mass is 9.96. The third-order valence-electron chi connectivity index (χ3n) is 3.94. The molecule has 1 aromatic carbocycles. The van der Waals surface area contributed by atoms with Crippen molar-refractivity contribution in [1.82, 2.24) is 10.3 Å². The molecule has 21 heavy (non-hydrogen) atoms. The van der Waals surface area contributed by atoms with E-state index in [2.05, 4.69) is 74.4 Å². The normalized spacial score (nSPS) is 12.7. The highest BCUT2D eigenvalue weighted by atomic mass is 14.9. The summed E-state index contributed by atoms with van der Waals surface area (Å²) in [5.41, 5.74) is 6.25. The van der Waals surface area contributed by atoms with Gasteiger partial charge in [0, 0.05) is 17.4 Å². The zero-order chi connectivity index (χ0) is 15.4. The summed E-state index contributed by atoms with van der Waals surface area (Å²) >= 11 is 0. The summed E-state index contributed by atoms with van der Waals surface area (Å²) in [5.74, 6) is 0.588. The van der Waals surface area contributed by atoms with Crippen LogP contribution in [0.25, 0.3) is 0 Å². The van der Waals surface area contributed by atoms with Crippen molar-refractivity contribution in [3.8, 4) is 0 Å². The van der Waals surface area contributed by atoms with Crippen LogP contribution >= 0.6 is 0 Å². The van der Waals surface area contributed by atoms with Gasteiger partial charge in [-0.3, -0.25) is 4.98 Å². The zero-order valence-corrected chi connectivity index (χ0v) is 13.8. The zero-order valence-electron chi connectivity index (χ0n) is 13.8. The van der Waals surface area contributed by atoms with Crippen LogP contribution in [0.4, 0.5) is 0 Å². The number of nitrogens with one attached hydrogen (secondary N) is 1. The number of pyridine rings is 1. The van der Waals surface area contributed by atoms with Gasteiger partial charge < -0.3 is 5.32 Å². The molecule has 0 aliphatic carbocycles. The third-order valence-corrected chi connectivity index (χ3v) is 3.94. The average molecular weight is 282 g/mol. The van der Waals surface area contributed by atoms with E-state index in [1.165, 1.54) is 16.7 Å². The van der Waals surface area contributed by atoms with Crippen molar-refractivity contribution in [1.29, 1.82) is 0 Å². The Morgan fingerprint density at radius 1 is 0.952 bits per heavy atom. The SMILES string of the molecule is CNC(Cc1ccc(C(C)C)cc1)c1cc(C)nc(C)c1. The molecule has 1 aromatic heterocycles. The van der Waals surface area contributed by atoms with Gasteiger partial charge in [-0.2, -0.15) is 0 Å². The number of hydrogen-bond acceptors (Lipinski definition) is 2. The number of benzene rings is 1. The van der Waals surface area contributed by atoms with Crippen molar-refractivity contribution in [3.63, 3.8) is 0 Å². The molecule has 1 unspecified atom stereocenters. The quantitative estimate of drug-likeness (QED) is 0.883. The maximum Gasteiger partial charge on any atom is 0.0379 e. The molecule has 0 bridgehead atoms. The third kappa shape index (κ3) is 4.15. The lowest BCUT2D eigenvalue weighted by Gasteiger charge is -2.18. The van der Waals surface area contributed by atoms with Crippen LogP contribution in [0.5, 0.6) is 0 Å². The largest absolute Gasteiger partial charge is 0.313 e. The monoisotopic (exact) mass is 282 g/mol. The van der Waals surface area contributed by atoms with Gasteiger partial charge in [-0.15, -0.1) is 0 Å². The van der Waals surface area contributed by atoms with Gasteiger partial charge in [0.25, 0.3) is 0 Å². The van der Waals surface area contributed by atoms with Gasteiger partial charge in [0.15, 0.2) is 0 Å². The minimum absolute atomic E-state index is 0.329.